The molecule has 1 N–H and O–H groups in total. The number of halogens is 2. The third kappa shape index (κ3) is 3.48. The smallest absolute Gasteiger partial charge is 0.113 e. The van der Waals surface area contributed by atoms with Crippen LogP contribution in [0.5, 0.6) is 0 Å². The van der Waals surface area contributed by atoms with Crippen LogP contribution in [0.3, 0.4) is 0 Å². The van der Waals surface area contributed by atoms with Crippen molar-refractivity contribution in [3.8, 4) is 0 Å². The third-order valence-electron chi connectivity index (χ3n) is 2.92. The van der Waals surface area contributed by atoms with E-state index in [0.717, 1.165) is 36.2 Å². The van der Waals surface area contributed by atoms with E-state index in [0.29, 0.717) is 0 Å². The molecule has 0 aliphatic carbocycles. The van der Waals surface area contributed by atoms with E-state index < -0.39 is 0 Å². The van der Waals surface area contributed by atoms with Gasteiger partial charge in [-0.05, 0) is 71.8 Å². The van der Waals surface area contributed by atoms with Gasteiger partial charge in [-0.1, -0.05) is 22.9 Å². The van der Waals surface area contributed by atoms with E-state index >= 15 is 0 Å². The van der Waals surface area contributed by atoms with Crippen LogP contribution in [0.1, 0.15) is 31.4 Å². The van der Waals surface area contributed by atoms with Crippen molar-refractivity contribution in [3.63, 3.8) is 0 Å². The zero-order valence-electron chi connectivity index (χ0n) is 10.4. The van der Waals surface area contributed by atoms with E-state index in [4.69, 9.17) is 4.74 Å². The zero-order chi connectivity index (χ0) is 13.0. The van der Waals surface area contributed by atoms with E-state index in [2.05, 4.69) is 75.0 Å². The highest BCUT2D eigenvalue weighted by molar-refractivity contribution is 14.1. The maximum absolute atomic E-state index is 5.82. The lowest BCUT2D eigenvalue weighted by Gasteiger charge is -2.25. The number of hydrogen-bond donors (Lipinski definition) is 1. The molecule has 18 heavy (non-hydrogen) atoms. The maximum Gasteiger partial charge on any atom is 0.113 e. The molecule has 2 nitrogen and oxygen atoms in total. The summed E-state index contributed by atoms with van der Waals surface area (Å²) < 4.78 is 8.19. The molecule has 1 aliphatic rings. The first-order valence-electron chi connectivity index (χ1n) is 6.23. The van der Waals surface area contributed by atoms with Crippen LogP contribution in [0.15, 0.2) is 34.5 Å². The first kappa shape index (κ1) is 14.3. The number of allylic oxidation sites excluding steroid dienone is 1. The van der Waals surface area contributed by atoms with Gasteiger partial charge in [0, 0.05) is 8.04 Å². The summed E-state index contributed by atoms with van der Waals surface area (Å²) in [6.45, 7) is 3.88. The summed E-state index contributed by atoms with van der Waals surface area (Å²) in [6, 6.07) is 6.55. The molecule has 0 spiro atoms. The number of nitrogens with one attached hydrogen (secondary N) is 1. The van der Waals surface area contributed by atoms with Crippen molar-refractivity contribution >= 4 is 38.5 Å². The third-order valence-corrected chi connectivity index (χ3v) is 4.40. The molecule has 1 aromatic rings. The molecule has 1 heterocycles. The van der Waals surface area contributed by atoms with E-state index in [-0.39, 0.29) is 6.04 Å². The summed E-state index contributed by atoms with van der Waals surface area (Å²) >= 11 is 5.93. The van der Waals surface area contributed by atoms with Crippen molar-refractivity contribution in [1.82, 2.24) is 5.32 Å². The Morgan fingerprint density at radius 3 is 3.00 bits per heavy atom. The fourth-order valence-electron chi connectivity index (χ4n) is 2.08. The van der Waals surface area contributed by atoms with Gasteiger partial charge in [0.2, 0.25) is 0 Å². The molecule has 0 amide bonds. The molecule has 1 atom stereocenters. The summed E-state index contributed by atoms with van der Waals surface area (Å²) in [4.78, 5) is 0. The molecular formula is C14H17BrINO. The van der Waals surface area contributed by atoms with Crippen molar-refractivity contribution < 1.29 is 4.74 Å². The molecule has 98 valence electrons. The van der Waals surface area contributed by atoms with E-state index in [1.165, 1.54) is 9.13 Å². The summed E-state index contributed by atoms with van der Waals surface area (Å²) in [5.74, 6) is 1.07. The Labute approximate surface area is 130 Å². The van der Waals surface area contributed by atoms with Gasteiger partial charge < -0.3 is 10.1 Å². The lowest BCUT2D eigenvalue weighted by molar-refractivity contribution is 0.168. The number of likely N-dealkylation sites (N-methyl/N-ethyl adjacent to an activating group) is 1. The number of hydrogen-bond acceptors (Lipinski definition) is 2. The SMILES string of the molecule is CCNC(C1=CCCCO1)c1cc(Br)ccc1I. The van der Waals surface area contributed by atoms with Crippen molar-refractivity contribution in [2.75, 3.05) is 13.2 Å². The zero-order valence-corrected chi connectivity index (χ0v) is 14.1. The van der Waals surface area contributed by atoms with Gasteiger partial charge in [0.1, 0.15) is 5.76 Å². The number of ether oxygens (including phenoxy) is 1. The molecule has 1 aliphatic heterocycles. The Kier molecular flexibility index (Phi) is 5.51. The summed E-state index contributed by atoms with van der Waals surface area (Å²) in [5.41, 5.74) is 1.28. The summed E-state index contributed by atoms with van der Waals surface area (Å²) in [7, 11) is 0. The van der Waals surface area contributed by atoms with Crippen LogP contribution in [-0.2, 0) is 4.74 Å². The predicted octanol–water partition coefficient (Wildman–Crippen LogP) is 4.40. The van der Waals surface area contributed by atoms with Crippen molar-refractivity contribution in [2.24, 2.45) is 0 Å². The van der Waals surface area contributed by atoms with Crippen LogP contribution in [0, 0.1) is 3.57 Å². The van der Waals surface area contributed by atoms with E-state index in [1.54, 1.807) is 0 Å². The molecule has 1 unspecified atom stereocenters. The minimum absolute atomic E-state index is 0.166. The van der Waals surface area contributed by atoms with Crippen molar-refractivity contribution in [2.45, 2.75) is 25.8 Å². The van der Waals surface area contributed by atoms with Gasteiger partial charge >= 0.3 is 0 Å². The van der Waals surface area contributed by atoms with Crippen LogP contribution in [0.25, 0.3) is 0 Å². The quantitative estimate of drug-likeness (QED) is 0.727. The minimum Gasteiger partial charge on any atom is -0.496 e. The maximum atomic E-state index is 5.82. The van der Waals surface area contributed by atoms with Crippen LogP contribution < -0.4 is 5.32 Å². The Hall–Kier alpha value is -0.0700. The Bertz CT molecular complexity index is 447. The fourth-order valence-corrected chi connectivity index (χ4v) is 3.11. The van der Waals surface area contributed by atoms with Crippen LogP contribution >= 0.6 is 38.5 Å². The molecule has 0 bridgehead atoms. The first-order chi connectivity index (χ1) is 8.72. The average molecular weight is 422 g/mol. The second kappa shape index (κ2) is 6.91. The highest BCUT2D eigenvalue weighted by Crippen LogP contribution is 2.31. The van der Waals surface area contributed by atoms with E-state index in [9.17, 15) is 0 Å². The highest BCUT2D eigenvalue weighted by Gasteiger charge is 2.21. The normalized spacial score (nSPS) is 16.9. The van der Waals surface area contributed by atoms with Gasteiger partial charge in [0.05, 0.1) is 12.6 Å². The Balaban J connectivity index is 2.34. The molecule has 2 rings (SSSR count). The van der Waals surface area contributed by atoms with Gasteiger partial charge in [-0.25, -0.2) is 0 Å². The van der Waals surface area contributed by atoms with Crippen LogP contribution in [-0.4, -0.2) is 13.2 Å². The standard InChI is InChI=1S/C14H17BrINO/c1-2-17-14(13-5-3-4-8-18-13)11-9-10(15)6-7-12(11)16/h5-7,9,14,17H,2-4,8H2,1H3. The van der Waals surface area contributed by atoms with E-state index in [1.807, 2.05) is 0 Å². The Morgan fingerprint density at radius 1 is 1.50 bits per heavy atom. The highest BCUT2D eigenvalue weighted by atomic mass is 127. The summed E-state index contributed by atoms with van der Waals surface area (Å²) in [5, 5.41) is 3.52. The number of rotatable bonds is 4. The summed E-state index contributed by atoms with van der Waals surface area (Å²) in [6.07, 6.45) is 4.45. The monoisotopic (exact) mass is 421 g/mol. The molecule has 0 radical (unpaired) electrons. The predicted molar refractivity (Wildman–Crippen MR) is 86.5 cm³/mol. The largest absolute Gasteiger partial charge is 0.496 e. The molecule has 4 heteroatoms. The molecule has 0 fully saturated rings. The molecular weight excluding hydrogens is 405 g/mol. The van der Waals surface area contributed by atoms with Crippen molar-refractivity contribution in [1.29, 1.82) is 0 Å². The van der Waals surface area contributed by atoms with Gasteiger partial charge in [0.15, 0.2) is 0 Å². The minimum atomic E-state index is 0.166. The van der Waals surface area contributed by atoms with Gasteiger partial charge in [0.25, 0.3) is 0 Å². The lowest BCUT2D eigenvalue weighted by atomic mass is 10.0. The second-order valence-electron chi connectivity index (χ2n) is 4.25. The van der Waals surface area contributed by atoms with Gasteiger partial charge in [-0.15, -0.1) is 0 Å². The molecule has 1 aromatic carbocycles. The average Bonchev–Trinajstić information content (AvgIpc) is 2.40. The topological polar surface area (TPSA) is 21.3 Å². The molecule has 0 aromatic heterocycles. The molecule has 0 saturated carbocycles. The fraction of sp³-hybridized carbons (Fsp3) is 0.429. The Morgan fingerprint density at radius 2 is 2.33 bits per heavy atom. The second-order valence-corrected chi connectivity index (χ2v) is 6.33. The van der Waals surface area contributed by atoms with Gasteiger partial charge in [-0.2, -0.15) is 0 Å². The van der Waals surface area contributed by atoms with Gasteiger partial charge in [-0.3, -0.25) is 0 Å². The first-order valence-corrected chi connectivity index (χ1v) is 8.10. The van der Waals surface area contributed by atoms with Crippen LogP contribution in [0.2, 0.25) is 0 Å². The number of benzene rings is 1. The lowest BCUT2D eigenvalue weighted by Crippen LogP contribution is -2.26. The van der Waals surface area contributed by atoms with Crippen LogP contribution in [0.4, 0.5) is 0 Å². The molecule has 0 saturated heterocycles. The van der Waals surface area contributed by atoms with Crippen molar-refractivity contribution in [3.05, 3.63) is 43.6 Å².